The van der Waals surface area contributed by atoms with Crippen molar-refractivity contribution in [2.45, 2.75) is 45.6 Å². The van der Waals surface area contributed by atoms with Gasteiger partial charge in [-0.2, -0.15) is 0 Å². The van der Waals surface area contributed by atoms with Gasteiger partial charge in [0.2, 0.25) is 5.91 Å². The van der Waals surface area contributed by atoms with Crippen LogP contribution in [0.4, 0.5) is 0 Å². The third-order valence-corrected chi connectivity index (χ3v) is 3.34. The highest BCUT2D eigenvalue weighted by molar-refractivity contribution is 6.18. The largest absolute Gasteiger partial charge is 0.337 e. The van der Waals surface area contributed by atoms with Crippen LogP contribution in [-0.4, -0.2) is 23.2 Å². The molecular formula is C16H24ClNO. The molecule has 0 saturated heterocycles. The van der Waals surface area contributed by atoms with Gasteiger partial charge in [-0.15, -0.1) is 11.6 Å². The van der Waals surface area contributed by atoms with E-state index in [0.29, 0.717) is 25.4 Å². The molecule has 0 atom stereocenters. The number of hydrogen-bond acceptors (Lipinski definition) is 1. The summed E-state index contributed by atoms with van der Waals surface area (Å²) in [4.78, 5) is 14.0. The molecular weight excluding hydrogens is 258 g/mol. The first kappa shape index (κ1) is 16.0. The molecule has 1 amide bonds. The van der Waals surface area contributed by atoms with Gasteiger partial charge in [0, 0.05) is 25.4 Å². The summed E-state index contributed by atoms with van der Waals surface area (Å²) < 4.78 is 0. The van der Waals surface area contributed by atoms with Gasteiger partial charge in [0.15, 0.2) is 0 Å². The highest BCUT2D eigenvalue weighted by Gasteiger charge is 2.12. The van der Waals surface area contributed by atoms with Gasteiger partial charge in [-0.25, -0.2) is 0 Å². The average Bonchev–Trinajstić information content (AvgIpc) is 2.44. The fraction of sp³-hybridized carbons (Fsp3) is 0.562. The van der Waals surface area contributed by atoms with Crippen LogP contribution < -0.4 is 0 Å². The first-order chi connectivity index (χ1) is 9.27. The van der Waals surface area contributed by atoms with E-state index in [9.17, 15) is 4.79 Å². The molecule has 1 aromatic rings. The Labute approximate surface area is 121 Å². The smallest absolute Gasteiger partial charge is 0.222 e. The summed E-state index contributed by atoms with van der Waals surface area (Å²) in [5.41, 5.74) is 1.16. The highest BCUT2D eigenvalue weighted by Crippen LogP contribution is 2.09. The van der Waals surface area contributed by atoms with Crippen molar-refractivity contribution in [2.75, 3.05) is 12.4 Å². The molecule has 0 bridgehead atoms. The molecule has 1 rings (SSSR count). The summed E-state index contributed by atoms with van der Waals surface area (Å²) in [6.45, 7) is 3.47. The topological polar surface area (TPSA) is 20.3 Å². The van der Waals surface area contributed by atoms with Gasteiger partial charge in [0.05, 0.1) is 0 Å². The molecule has 0 unspecified atom stereocenters. The quantitative estimate of drug-likeness (QED) is 0.490. The SMILES string of the molecule is CCCCCCC(=O)N(CCCl)Cc1ccccc1. The Morgan fingerprint density at radius 2 is 1.89 bits per heavy atom. The zero-order valence-corrected chi connectivity index (χ0v) is 12.5. The zero-order valence-electron chi connectivity index (χ0n) is 11.8. The minimum Gasteiger partial charge on any atom is -0.337 e. The van der Waals surface area contributed by atoms with E-state index in [4.69, 9.17) is 11.6 Å². The monoisotopic (exact) mass is 281 g/mol. The van der Waals surface area contributed by atoms with Gasteiger partial charge in [-0.05, 0) is 12.0 Å². The maximum absolute atomic E-state index is 12.2. The number of nitrogens with zero attached hydrogens (tertiary/aromatic N) is 1. The number of alkyl halides is 1. The van der Waals surface area contributed by atoms with Gasteiger partial charge >= 0.3 is 0 Å². The normalized spacial score (nSPS) is 10.4. The van der Waals surface area contributed by atoms with E-state index in [1.807, 2.05) is 35.2 Å². The third-order valence-electron chi connectivity index (χ3n) is 3.17. The fourth-order valence-electron chi connectivity index (χ4n) is 2.06. The van der Waals surface area contributed by atoms with E-state index in [1.165, 1.54) is 12.8 Å². The van der Waals surface area contributed by atoms with Crippen molar-refractivity contribution in [3.8, 4) is 0 Å². The molecule has 0 saturated carbocycles. The van der Waals surface area contributed by atoms with Crippen LogP contribution in [0.2, 0.25) is 0 Å². The van der Waals surface area contributed by atoms with Gasteiger partial charge in [-0.3, -0.25) is 4.79 Å². The molecule has 3 heteroatoms. The van der Waals surface area contributed by atoms with Crippen LogP contribution in [0.25, 0.3) is 0 Å². The first-order valence-corrected chi connectivity index (χ1v) is 7.69. The Morgan fingerprint density at radius 1 is 1.16 bits per heavy atom. The number of hydrogen-bond donors (Lipinski definition) is 0. The molecule has 0 aromatic heterocycles. The predicted octanol–water partition coefficient (Wildman–Crippen LogP) is 4.22. The predicted molar refractivity (Wildman–Crippen MR) is 81.3 cm³/mol. The number of amides is 1. The van der Waals surface area contributed by atoms with Crippen LogP contribution >= 0.6 is 11.6 Å². The number of benzene rings is 1. The Bertz CT molecular complexity index is 353. The number of unbranched alkanes of at least 4 members (excludes halogenated alkanes) is 3. The van der Waals surface area contributed by atoms with Crippen molar-refractivity contribution >= 4 is 17.5 Å². The van der Waals surface area contributed by atoms with Gasteiger partial charge in [0.25, 0.3) is 0 Å². The maximum atomic E-state index is 12.2. The Balaban J connectivity index is 2.44. The number of carbonyl (C=O) groups excluding carboxylic acids is 1. The van der Waals surface area contributed by atoms with E-state index in [1.54, 1.807) is 0 Å². The van der Waals surface area contributed by atoms with E-state index in [-0.39, 0.29) is 5.91 Å². The second-order valence-electron chi connectivity index (χ2n) is 4.80. The summed E-state index contributed by atoms with van der Waals surface area (Å²) in [5, 5.41) is 0. The minimum atomic E-state index is 0.223. The second kappa shape index (κ2) is 9.85. The summed E-state index contributed by atoms with van der Waals surface area (Å²) in [5.74, 6) is 0.716. The van der Waals surface area contributed by atoms with Crippen molar-refractivity contribution in [3.63, 3.8) is 0 Å². The summed E-state index contributed by atoms with van der Waals surface area (Å²) in [7, 11) is 0. The fourth-order valence-corrected chi connectivity index (χ4v) is 2.26. The van der Waals surface area contributed by atoms with Gasteiger partial charge in [0.1, 0.15) is 0 Å². The van der Waals surface area contributed by atoms with E-state index in [0.717, 1.165) is 18.4 Å². The van der Waals surface area contributed by atoms with Crippen molar-refractivity contribution in [3.05, 3.63) is 35.9 Å². The molecule has 0 N–H and O–H groups in total. The van der Waals surface area contributed by atoms with E-state index < -0.39 is 0 Å². The van der Waals surface area contributed by atoms with Crippen LogP contribution in [-0.2, 0) is 11.3 Å². The van der Waals surface area contributed by atoms with Crippen LogP contribution in [0.5, 0.6) is 0 Å². The summed E-state index contributed by atoms with van der Waals surface area (Å²) >= 11 is 5.80. The van der Waals surface area contributed by atoms with Gasteiger partial charge < -0.3 is 4.90 Å². The zero-order chi connectivity index (χ0) is 13.9. The lowest BCUT2D eigenvalue weighted by molar-refractivity contribution is -0.131. The Kier molecular flexibility index (Phi) is 8.31. The minimum absolute atomic E-state index is 0.223. The standard InChI is InChI=1S/C16H24ClNO/c1-2-3-4-8-11-16(19)18(13-12-17)14-15-9-6-5-7-10-15/h5-7,9-10H,2-4,8,11-14H2,1H3. The Morgan fingerprint density at radius 3 is 2.53 bits per heavy atom. The van der Waals surface area contributed by atoms with Crippen LogP contribution in [0.3, 0.4) is 0 Å². The number of halogens is 1. The molecule has 106 valence electrons. The molecule has 1 aromatic carbocycles. The highest BCUT2D eigenvalue weighted by atomic mass is 35.5. The second-order valence-corrected chi connectivity index (χ2v) is 5.18. The van der Waals surface area contributed by atoms with Crippen LogP contribution in [0, 0.1) is 0 Å². The van der Waals surface area contributed by atoms with E-state index >= 15 is 0 Å². The van der Waals surface area contributed by atoms with E-state index in [2.05, 4.69) is 6.92 Å². The van der Waals surface area contributed by atoms with Crippen molar-refractivity contribution in [2.24, 2.45) is 0 Å². The Hall–Kier alpha value is -1.02. The lowest BCUT2D eigenvalue weighted by Gasteiger charge is -2.22. The maximum Gasteiger partial charge on any atom is 0.222 e. The summed E-state index contributed by atoms with van der Waals surface area (Å²) in [6, 6.07) is 10.1. The van der Waals surface area contributed by atoms with Crippen molar-refractivity contribution in [1.82, 2.24) is 4.90 Å². The lowest BCUT2D eigenvalue weighted by atomic mass is 10.1. The van der Waals surface area contributed by atoms with Crippen LogP contribution in [0.15, 0.2) is 30.3 Å². The molecule has 0 fully saturated rings. The summed E-state index contributed by atoms with van der Waals surface area (Å²) in [6.07, 6.45) is 5.18. The number of rotatable bonds is 9. The molecule has 0 radical (unpaired) electrons. The van der Waals surface area contributed by atoms with Gasteiger partial charge in [-0.1, -0.05) is 56.5 Å². The van der Waals surface area contributed by atoms with Crippen molar-refractivity contribution < 1.29 is 4.79 Å². The molecule has 19 heavy (non-hydrogen) atoms. The molecule has 0 aliphatic rings. The number of carbonyl (C=O) groups is 1. The van der Waals surface area contributed by atoms with Crippen LogP contribution in [0.1, 0.15) is 44.6 Å². The molecule has 0 spiro atoms. The molecule has 2 nitrogen and oxygen atoms in total. The average molecular weight is 282 g/mol. The molecule has 0 heterocycles. The molecule has 0 aliphatic carbocycles. The molecule has 0 aliphatic heterocycles. The first-order valence-electron chi connectivity index (χ1n) is 7.15. The third kappa shape index (κ3) is 6.63. The lowest BCUT2D eigenvalue weighted by Crippen LogP contribution is -2.32. The van der Waals surface area contributed by atoms with Crippen molar-refractivity contribution in [1.29, 1.82) is 0 Å².